The van der Waals surface area contributed by atoms with E-state index in [-0.39, 0.29) is 0 Å². The van der Waals surface area contributed by atoms with E-state index in [1.165, 1.54) is 6.92 Å². The van der Waals surface area contributed by atoms with Crippen LogP contribution in [0.2, 0.25) is 0 Å². The molecule has 2 atom stereocenters. The van der Waals surface area contributed by atoms with E-state index in [1.807, 2.05) is 19.1 Å². The Morgan fingerprint density at radius 1 is 1.33 bits per heavy atom. The van der Waals surface area contributed by atoms with Crippen molar-refractivity contribution in [1.29, 1.82) is 0 Å². The van der Waals surface area contributed by atoms with E-state index in [4.69, 9.17) is 0 Å². The predicted octanol–water partition coefficient (Wildman–Crippen LogP) is 1.46. The average molecular weight is 228 g/mol. The first-order chi connectivity index (χ1) is 6.82. The molecule has 0 amide bonds. The fourth-order valence-electron chi connectivity index (χ4n) is 1.36. The summed E-state index contributed by atoms with van der Waals surface area (Å²) in [5.41, 5.74) is 1.65. The number of aliphatic hydroxyl groups is 1. The van der Waals surface area contributed by atoms with E-state index >= 15 is 0 Å². The third kappa shape index (κ3) is 3.04. The molecule has 0 saturated heterocycles. The van der Waals surface area contributed by atoms with Gasteiger partial charge in [0.15, 0.2) is 9.84 Å². The molecule has 0 radical (unpaired) electrons. The molecule has 0 aliphatic heterocycles. The van der Waals surface area contributed by atoms with Crippen molar-refractivity contribution in [3.8, 4) is 0 Å². The van der Waals surface area contributed by atoms with Crippen LogP contribution in [-0.2, 0) is 9.84 Å². The molecule has 4 heteroatoms. The largest absolute Gasteiger partial charge is 0.387 e. The average Bonchev–Trinajstić information content (AvgIpc) is 2.14. The summed E-state index contributed by atoms with van der Waals surface area (Å²) < 4.78 is 22.5. The molecule has 0 spiro atoms. The monoisotopic (exact) mass is 228 g/mol. The van der Waals surface area contributed by atoms with Crippen LogP contribution >= 0.6 is 0 Å². The third-order valence-corrected chi connectivity index (χ3v) is 4.11. The zero-order chi connectivity index (χ0) is 11.6. The van der Waals surface area contributed by atoms with Crippen molar-refractivity contribution in [2.75, 3.05) is 6.26 Å². The van der Waals surface area contributed by atoms with E-state index in [0.717, 1.165) is 11.8 Å². The molecule has 0 fully saturated rings. The normalized spacial score (nSPS) is 16.0. The Bertz CT molecular complexity index is 437. The van der Waals surface area contributed by atoms with Gasteiger partial charge in [0.25, 0.3) is 0 Å². The summed E-state index contributed by atoms with van der Waals surface area (Å²) in [4.78, 5) is 0. The highest BCUT2D eigenvalue weighted by atomic mass is 32.2. The Labute approximate surface area is 90.7 Å². The van der Waals surface area contributed by atoms with Crippen molar-refractivity contribution in [3.63, 3.8) is 0 Å². The molecule has 3 nitrogen and oxygen atoms in total. The molecule has 84 valence electrons. The number of benzene rings is 1. The second-order valence-electron chi connectivity index (χ2n) is 3.89. The lowest BCUT2D eigenvalue weighted by Gasteiger charge is -2.17. The Morgan fingerprint density at radius 2 is 1.93 bits per heavy atom. The van der Waals surface area contributed by atoms with Crippen LogP contribution in [0.4, 0.5) is 0 Å². The van der Waals surface area contributed by atoms with Gasteiger partial charge in [-0.1, -0.05) is 29.8 Å². The molecule has 0 aliphatic carbocycles. The molecular weight excluding hydrogens is 212 g/mol. The first-order valence-electron chi connectivity index (χ1n) is 4.76. The van der Waals surface area contributed by atoms with Gasteiger partial charge in [0.1, 0.15) is 0 Å². The highest BCUT2D eigenvalue weighted by Gasteiger charge is 2.25. The molecule has 1 aromatic rings. The van der Waals surface area contributed by atoms with Crippen molar-refractivity contribution in [1.82, 2.24) is 0 Å². The molecule has 0 saturated carbocycles. The molecule has 0 heterocycles. The predicted molar refractivity (Wildman–Crippen MR) is 60.4 cm³/mol. The Morgan fingerprint density at radius 3 is 2.40 bits per heavy atom. The van der Waals surface area contributed by atoms with Gasteiger partial charge in [-0.3, -0.25) is 0 Å². The maximum atomic E-state index is 11.3. The van der Waals surface area contributed by atoms with Crippen molar-refractivity contribution in [2.45, 2.75) is 25.2 Å². The number of aryl methyl sites for hydroxylation is 1. The first kappa shape index (κ1) is 12.2. The summed E-state index contributed by atoms with van der Waals surface area (Å²) in [6.45, 7) is 3.42. The summed E-state index contributed by atoms with van der Waals surface area (Å²) in [6, 6.07) is 7.25. The Hall–Kier alpha value is -0.870. The lowest BCUT2D eigenvalue weighted by atomic mass is 10.0. The zero-order valence-corrected chi connectivity index (χ0v) is 9.95. The van der Waals surface area contributed by atoms with Gasteiger partial charge in [-0.05, 0) is 19.4 Å². The van der Waals surface area contributed by atoms with Crippen molar-refractivity contribution < 1.29 is 13.5 Å². The van der Waals surface area contributed by atoms with E-state index in [2.05, 4.69) is 0 Å². The topological polar surface area (TPSA) is 54.4 Å². The zero-order valence-electron chi connectivity index (χ0n) is 9.14. The maximum Gasteiger partial charge on any atom is 0.152 e. The molecule has 0 bridgehead atoms. The van der Waals surface area contributed by atoms with Gasteiger partial charge in [-0.2, -0.15) is 0 Å². The molecular formula is C11H16O3S. The number of hydrogen-bond donors (Lipinski definition) is 1. The van der Waals surface area contributed by atoms with Gasteiger partial charge >= 0.3 is 0 Å². The first-order valence-corrected chi connectivity index (χ1v) is 6.71. The maximum absolute atomic E-state index is 11.3. The van der Waals surface area contributed by atoms with Crippen LogP contribution in [0.25, 0.3) is 0 Å². The minimum atomic E-state index is -3.21. The molecule has 1 aromatic carbocycles. The smallest absolute Gasteiger partial charge is 0.152 e. The summed E-state index contributed by atoms with van der Waals surface area (Å²) in [5, 5.41) is 9.09. The van der Waals surface area contributed by atoms with Gasteiger partial charge in [0.2, 0.25) is 0 Å². The lowest BCUT2D eigenvalue weighted by Crippen LogP contribution is -2.24. The fourth-order valence-corrected chi connectivity index (χ4v) is 1.98. The summed E-state index contributed by atoms with van der Waals surface area (Å²) in [7, 11) is -3.21. The van der Waals surface area contributed by atoms with Gasteiger partial charge < -0.3 is 5.11 Å². The summed E-state index contributed by atoms with van der Waals surface area (Å²) >= 11 is 0. The SMILES string of the molecule is Cc1cccc([C@H](O)[C@@H](C)S(C)(=O)=O)c1. The quantitative estimate of drug-likeness (QED) is 0.852. The highest BCUT2D eigenvalue weighted by Crippen LogP contribution is 2.21. The standard InChI is InChI=1S/C11H16O3S/c1-8-5-4-6-10(7-8)11(12)9(2)15(3,13)14/h4-7,9,11-12H,1-3H3/t9-,11-/m1/s1. The van der Waals surface area contributed by atoms with Gasteiger partial charge in [0.05, 0.1) is 11.4 Å². The van der Waals surface area contributed by atoms with Crippen LogP contribution in [0.5, 0.6) is 0 Å². The van der Waals surface area contributed by atoms with E-state index < -0.39 is 21.2 Å². The second kappa shape index (κ2) is 4.33. The Kier molecular flexibility index (Phi) is 3.52. The minimum absolute atomic E-state index is 0.646. The highest BCUT2D eigenvalue weighted by molar-refractivity contribution is 7.91. The molecule has 0 unspecified atom stereocenters. The van der Waals surface area contributed by atoms with Crippen molar-refractivity contribution in [2.24, 2.45) is 0 Å². The van der Waals surface area contributed by atoms with Crippen LogP contribution in [0, 0.1) is 6.92 Å². The molecule has 0 aromatic heterocycles. The number of hydrogen-bond acceptors (Lipinski definition) is 3. The summed E-state index contributed by atoms with van der Waals surface area (Å²) in [6.07, 6.45) is 0.177. The van der Waals surface area contributed by atoms with Crippen LogP contribution in [0.15, 0.2) is 24.3 Å². The number of aliphatic hydroxyl groups excluding tert-OH is 1. The van der Waals surface area contributed by atoms with E-state index in [1.54, 1.807) is 12.1 Å². The Balaban J connectivity index is 3.00. The van der Waals surface area contributed by atoms with Gasteiger partial charge in [0, 0.05) is 6.26 Å². The van der Waals surface area contributed by atoms with Gasteiger partial charge in [-0.25, -0.2) is 8.42 Å². The van der Waals surface area contributed by atoms with Crippen LogP contribution in [0.3, 0.4) is 0 Å². The lowest BCUT2D eigenvalue weighted by molar-refractivity contribution is 0.176. The van der Waals surface area contributed by atoms with Crippen LogP contribution in [-0.4, -0.2) is 25.0 Å². The second-order valence-corrected chi connectivity index (χ2v) is 6.30. The fraction of sp³-hybridized carbons (Fsp3) is 0.455. The molecule has 0 aliphatic rings. The minimum Gasteiger partial charge on any atom is -0.387 e. The molecule has 1 rings (SSSR count). The summed E-state index contributed by atoms with van der Waals surface area (Å²) in [5.74, 6) is 0. The van der Waals surface area contributed by atoms with Crippen molar-refractivity contribution >= 4 is 9.84 Å². The molecule has 15 heavy (non-hydrogen) atoms. The van der Waals surface area contributed by atoms with Crippen molar-refractivity contribution in [3.05, 3.63) is 35.4 Å². The number of rotatable bonds is 3. The van der Waals surface area contributed by atoms with Crippen LogP contribution < -0.4 is 0 Å². The third-order valence-electron chi connectivity index (χ3n) is 2.50. The van der Waals surface area contributed by atoms with Gasteiger partial charge in [-0.15, -0.1) is 0 Å². The van der Waals surface area contributed by atoms with Crippen LogP contribution in [0.1, 0.15) is 24.2 Å². The van der Waals surface area contributed by atoms with E-state index in [0.29, 0.717) is 5.56 Å². The number of sulfone groups is 1. The molecule has 1 N–H and O–H groups in total. The van der Waals surface area contributed by atoms with E-state index in [9.17, 15) is 13.5 Å².